The molecule has 1 aromatic rings. The molecule has 0 amide bonds. The molecule has 2 N–H and O–H groups in total. The van der Waals surface area contributed by atoms with Crippen molar-refractivity contribution in [1.29, 1.82) is 0 Å². The number of nitrogens with two attached hydrogens (primary N) is 1. The van der Waals surface area contributed by atoms with Gasteiger partial charge in [-0.1, -0.05) is 30.7 Å². The standard InChI is InChI=1S/C14H19NO/c15-10-14(6-3-7-14)13-5-2-1-4-12(13)11-8-16-9-11/h1-2,4-5,11H,3,6-10,15H2. The van der Waals surface area contributed by atoms with Crippen LogP contribution < -0.4 is 5.73 Å². The van der Waals surface area contributed by atoms with Crippen LogP contribution in [0.1, 0.15) is 36.3 Å². The first kappa shape index (κ1) is 10.3. The Kier molecular flexibility index (Phi) is 2.49. The van der Waals surface area contributed by atoms with E-state index in [1.54, 1.807) is 0 Å². The molecule has 2 fully saturated rings. The van der Waals surface area contributed by atoms with Crippen LogP contribution in [-0.2, 0) is 10.2 Å². The summed E-state index contributed by atoms with van der Waals surface area (Å²) in [5.41, 5.74) is 9.26. The third kappa shape index (κ3) is 1.40. The van der Waals surface area contributed by atoms with Crippen molar-refractivity contribution in [3.05, 3.63) is 35.4 Å². The second-order valence-electron chi connectivity index (χ2n) is 5.16. The van der Waals surface area contributed by atoms with Crippen LogP contribution in [0.25, 0.3) is 0 Å². The summed E-state index contributed by atoms with van der Waals surface area (Å²) in [7, 11) is 0. The van der Waals surface area contributed by atoms with E-state index in [0.717, 1.165) is 19.8 Å². The molecule has 0 radical (unpaired) electrons. The molecule has 0 bridgehead atoms. The summed E-state index contributed by atoms with van der Waals surface area (Å²) in [6.07, 6.45) is 3.84. The average Bonchev–Trinajstić information content (AvgIpc) is 2.17. The molecule has 1 aliphatic carbocycles. The van der Waals surface area contributed by atoms with Gasteiger partial charge < -0.3 is 10.5 Å². The molecule has 1 saturated heterocycles. The van der Waals surface area contributed by atoms with Gasteiger partial charge in [-0.25, -0.2) is 0 Å². The Bertz CT molecular complexity index is 375. The molecular formula is C14H19NO. The van der Waals surface area contributed by atoms with Gasteiger partial charge in [0.15, 0.2) is 0 Å². The van der Waals surface area contributed by atoms with Gasteiger partial charge in [-0.3, -0.25) is 0 Å². The molecule has 1 saturated carbocycles. The SMILES string of the molecule is NCC1(c2ccccc2C2COC2)CCC1. The van der Waals surface area contributed by atoms with Crippen LogP contribution in [0.5, 0.6) is 0 Å². The number of hydrogen-bond acceptors (Lipinski definition) is 2. The van der Waals surface area contributed by atoms with Gasteiger partial charge in [-0.15, -0.1) is 0 Å². The predicted octanol–water partition coefficient (Wildman–Crippen LogP) is 2.18. The van der Waals surface area contributed by atoms with Gasteiger partial charge in [0, 0.05) is 17.9 Å². The third-order valence-electron chi connectivity index (χ3n) is 4.31. The molecule has 1 aromatic carbocycles. The van der Waals surface area contributed by atoms with Crippen molar-refractivity contribution in [3.63, 3.8) is 0 Å². The second-order valence-corrected chi connectivity index (χ2v) is 5.16. The zero-order chi connectivity index (χ0) is 11.0. The largest absolute Gasteiger partial charge is 0.380 e. The summed E-state index contributed by atoms with van der Waals surface area (Å²) >= 11 is 0. The minimum Gasteiger partial charge on any atom is -0.380 e. The number of ether oxygens (including phenoxy) is 1. The van der Waals surface area contributed by atoms with Crippen LogP contribution in [0, 0.1) is 0 Å². The minimum atomic E-state index is 0.284. The Morgan fingerprint density at radius 2 is 2.00 bits per heavy atom. The molecule has 0 spiro atoms. The monoisotopic (exact) mass is 217 g/mol. The second kappa shape index (κ2) is 3.86. The van der Waals surface area contributed by atoms with E-state index in [1.807, 2.05) is 0 Å². The van der Waals surface area contributed by atoms with Crippen LogP contribution in [0.4, 0.5) is 0 Å². The van der Waals surface area contributed by atoms with E-state index in [0.29, 0.717) is 5.92 Å². The summed E-state index contributed by atoms with van der Waals surface area (Å²) in [6, 6.07) is 8.83. The highest BCUT2D eigenvalue weighted by atomic mass is 16.5. The molecule has 0 atom stereocenters. The van der Waals surface area contributed by atoms with E-state index in [2.05, 4.69) is 24.3 Å². The lowest BCUT2D eigenvalue weighted by Gasteiger charge is -2.44. The lowest BCUT2D eigenvalue weighted by molar-refractivity contribution is 0.00728. The Labute approximate surface area is 96.8 Å². The van der Waals surface area contributed by atoms with E-state index in [-0.39, 0.29) is 5.41 Å². The molecule has 1 heterocycles. The first-order valence-electron chi connectivity index (χ1n) is 6.23. The van der Waals surface area contributed by atoms with E-state index >= 15 is 0 Å². The normalized spacial score (nSPS) is 23.6. The van der Waals surface area contributed by atoms with Crippen molar-refractivity contribution in [3.8, 4) is 0 Å². The zero-order valence-electron chi connectivity index (χ0n) is 9.61. The van der Waals surface area contributed by atoms with Gasteiger partial charge in [-0.2, -0.15) is 0 Å². The van der Waals surface area contributed by atoms with Crippen LogP contribution in [-0.4, -0.2) is 19.8 Å². The maximum Gasteiger partial charge on any atom is 0.0557 e. The molecule has 0 unspecified atom stereocenters. The summed E-state index contributed by atoms with van der Waals surface area (Å²) < 4.78 is 5.31. The van der Waals surface area contributed by atoms with Crippen LogP contribution in [0.15, 0.2) is 24.3 Å². The van der Waals surface area contributed by atoms with Crippen molar-refractivity contribution in [2.24, 2.45) is 5.73 Å². The Morgan fingerprint density at radius 1 is 1.25 bits per heavy atom. The first-order valence-corrected chi connectivity index (χ1v) is 6.23. The summed E-state index contributed by atoms with van der Waals surface area (Å²) in [5.74, 6) is 0.611. The van der Waals surface area contributed by atoms with Crippen molar-refractivity contribution < 1.29 is 4.74 Å². The third-order valence-corrected chi connectivity index (χ3v) is 4.31. The quantitative estimate of drug-likeness (QED) is 0.842. The molecule has 1 aliphatic heterocycles. The van der Waals surface area contributed by atoms with E-state index in [1.165, 1.54) is 30.4 Å². The molecule has 86 valence electrons. The maximum absolute atomic E-state index is 6.00. The summed E-state index contributed by atoms with van der Waals surface area (Å²) in [4.78, 5) is 0. The lowest BCUT2D eigenvalue weighted by atomic mass is 9.62. The van der Waals surface area contributed by atoms with Gasteiger partial charge in [-0.05, 0) is 24.0 Å². The van der Waals surface area contributed by atoms with Crippen molar-refractivity contribution >= 4 is 0 Å². The van der Waals surface area contributed by atoms with Crippen LogP contribution in [0.3, 0.4) is 0 Å². The average molecular weight is 217 g/mol. The van der Waals surface area contributed by atoms with Crippen LogP contribution in [0.2, 0.25) is 0 Å². The molecule has 2 aliphatic rings. The molecular weight excluding hydrogens is 198 g/mol. The molecule has 3 rings (SSSR count). The zero-order valence-corrected chi connectivity index (χ0v) is 9.61. The fraction of sp³-hybridized carbons (Fsp3) is 0.571. The lowest BCUT2D eigenvalue weighted by Crippen LogP contribution is -2.43. The number of rotatable bonds is 3. The summed E-state index contributed by atoms with van der Waals surface area (Å²) in [5, 5.41) is 0. The maximum atomic E-state index is 6.00. The molecule has 0 aromatic heterocycles. The molecule has 2 heteroatoms. The first-order chi connectivity index (χ1) is 7.86. The highest BCUT2D eigenvalue weighted by Crippen LogP contribution is 2.46. The highest BCUT2D eigenvalue weighted by Gasteiger charge is 2.40. The van der Waals surface area contributed by atoms with Gasteiger partial charge in [0.1, 0.15) is 0 Å². The van der Waals surface area contributed by atoms with E-state index in [4.69, 9.17) is 10.5 Å². The Morgan fingerprint density at radius 3 is 2.50 bits per heavy atom. The van der Waals surface area contributed by atoms with Crippen molar-refractivity contribution in [2.75, 3.05) is 19.8 Å². The van der Waals surface area contributed by atoms with Gasteiger partial charge in [0.25, 0.3) is 0 Å². The highest BCUT2D eigenvalue weighted by molar-refractivity contribution is 5.39. The van der Waals surface area contributed by atoms with E-state index < -0.39 is 0 Å². The van der Waals surface area contributed by atoms with Crippen molar-refractivity contribution in [2.45, 2.75) is 30.6 Å². The smallest absolute Gasteiger partial charge is 0.0557 e. The topological polar surface area (TPSA) is 35.2 Å². The van der Waals surface area contributed by atoms with Gasteiger partial charge in [0.2, 0.25) is 0 Å². The molecule has 16 heavy (non-hydrogen) atoms. The van der Waals surface area contributed by atoms with Crippen molar-refractivity contribution in [1.82, 2.24) is 0 Å². The fourth-order valence-corrected chi connectivity index (χ4v) is 2.94. The summed E-state index contributed by atoms with van der Waals surface area (Å²) in [6.45, 7) is 2.56. The number of benzene rings is 1. The fourth-order valence-electron chi connectivity index (χ4n) is 2.94. The van der Waals surface area contributed by atoms with Crippen LogP contribution >= 0.6 is 0 Å². The van der Waals surface area contributed by atoms with Gasteiger partial charge in [0.05, 0.1) is 13.2 Å². The Hall–Kier alpha value is -0.860. The predicted molar refractivity (Wildman–Crippen MR) is 64.6 cm³/mol. The minimum absolute atomic E-state index is 0.284. The molecule has 2 nitrogen and oxygen atoms in total. The number of hydrogen-bond donors (Lipinski definition) is 1. The van der Waals surface area contributed by atoms with Gasteiger partial charge >= 0.3 is 0 Å². The van der Waals surface area contributed by atoms with E-state index in [9.17, 15) is 0 Å². The Balaban J connectivity index is 1.98.